The standard InChI is InChI=1S/C15H21NO2S/c1-11-4-3-9-16(10-11)15(18)8-6-13(17)14-7-5-12(2)19-14/h5,7,11H,3-4,6,8-10H2,1-2H3. The minimum atomic E-state index is 0.0940. The maximum Gasteiger partial charge on any atom is 0.223 e. The molecule has 0 bridgehead atoms. The number of hydrogen-bond donors (Lipinski definition) is 0. The van der Waals surface area contributed by atoms with Gasteiger partial charge in [-0.05, 0) is 37.8 Å². The predicted molar refractivity (Wildman–Crippen MR) is 77.6 cm³/mol. The van der Waals surface area contributed by atoms with Crippen molar-refractivity contribution in [1.29, 1.82) is 0 Å². The van der Waals surface area contributed by atoms with Crippen LogP contribution in [0.15, 0.2) is 12.1 Å². The van der Waals surface area contributed by atoms with E-state index in [1.54, 1.807) is 0 Å². The zero-order chi connectivity index (χ0) is 13.8. The van der Waals surface area contributed by atoms with Crippen molar-refractivity contribution in [2.75, 3.05) is 13.1 Å². The van der Waals surface area contributed by atoms with Gasteiger partial charge in [0.15, 0.2) is 5.78 Å². The molecule has 1 aliphatic heterocycles. The van der Waals surface area contributed by atoms with E-state index >= 15 is 0 Å². The van der Waals surface area contributed by atoms with Gasteiger partial charge in [0.2, 0.25) is 5.91 Å². The Morgan fingerprint density at radius 3 is 2.79 bits per heavy atom. The molecule has 0 aliphatic carbocycles. The third-order valence-corrected chi connectivity index (χ3v) is 4.63. The van der Waals surface area contributed by atoms with Crippen molar-refractivity contribution >= 4 is 23.0 Å². The zero-order valence-corrected chi connectivity index (χ0v) is 12.5. The summed E-state index contributed by atoms with van der Waals surface area (Å²) in [5.74, 6) is 0.818. The van der Waals surface area contributed by atoms with Gasteiger partial charge in [0.25, 0.3) is 0 Å². The summed E-state index contributed by atoms with van der Waals surface area (Å²) in [6, 6.07) is 3.81. The Bertz CT molecular complexity index is 466. The summed E-state index contributed by atoms with van der Waals surface area (Å²) in [5, 5.41) is 0. The fourth-order valence-corrected chi connectivity index (χ4v) is 3.34. The van der Waals surface area contributed by atoms with Crippen LogP contribution in [0.4, 0.5) is 0 Å². The number of likely N-dealkylation sites (tertiary alicyclic amines) is 1. The monoisotopic (exact) mass is 279 g/mol. The topological polar surface area (TPSA) is 37.4 Å². The number of nitrogens with zero attached hydrogens (tertiary/aromatic N) is 1. The average molecular weight is 279 g/mol. The second-order valence-electron chi connectivity index (χ2n) is 5.42. The van der Waals surface area contributed by atoms with Gasteiger partial charge < -0.3 is 4.90 Å². The number of hydrogen-bond acceptors (Lipinski definition) is 3. The molecule has 1 fully saturated rings. The van der Waals surface area contributed by atoms with Crippen molar-refractivity contribution in [3.8, 4) is 0 Å². The van der Waals surface area contributed by atoms with Crippen LogP contribution in [0.5, 0.6) is 0 Å². The molecule has 1 unspecified atom stereocenters. The van der Waals surface area contributed by atoms with E-state index in [9.17, 15) is 9.59 Å². The Hall–Kier alpha value is -1.16. The summed E-state index contributed by atoms with van der Waals surface area (Å²) in [4.78, 5) is 27.8. The molecule has 1 aromatic heterocycles. The number of amides is 1. The van der Waals surface area contributed by atoms with Crippen LogP contribution < -0.4 is 0 Å². The number of rotatable bonds is 4. The highest BCUT2D eigenvalue weighted by Gasteiger charge is 2.21. The molecule has 1 aromatic rings. The van der Waals surface area contributed by atoms with Gasteiger partial charge in [0, 0.05) is 30.8 Å². The van der Waals surface area contributed by atoms with Crippen LogP contribution in [-0.2, 0) is 4.79 Å². The number of thiophene rings is 1. The molecule has 0 N–H and O–H groups in total. The van der Waals surface area contributed by atoms with Gasteiger partial charge in [0.05, 0.1) is 4.88 Å². The molecule has 4 heteroatoms. The van der Waals surface area contributed by atoms with E-state index in [-0.39, 0.29) is 11.7 Å². The molecule has 2 rings (SSSR count). The molecule has 1 aliphatic rings. The van der Waals surface area contributed by atoms with E-state index in [0.29, 0.717) is 18.8 Å². The molecule has 0 aromatic carbocycles. The van der Waals surface area contributed by atoms with Gasteiger partial charge in [-0.3, -0.25) is 9.59 Å². The lowest BCUT2D eigenvalue weighted by atomic mass is 10.00. The van der Waals surface area contributed by atoms with Crippen LogP contribution in [0.3, 0.4) is 0 Å². The predicted octanol–water partition coefficient (Wildman–Crippen LogP) is 3.28. The minimum Gasteiger partial charge on any atom is -0.342 e. The molecule has 2 heterocycles. The maximum atomic E-state index is 12.1. The van der Waals surface area contributed by atoms with E-state index in [2.05, 4.69) is 6.92 Å². The van der Waals surface area contributed by atoms with Crippen molar-refractivity contribution in [3.05, 3.63) is 21.9 Å². The van der Waals surface area contributed by atoms with Crippen molar-refractivity contribution in [1.82, 2.24) is 4.90 Å². The minimum absolute atomic E-state index is 0.0940. The van der Waals surface area contributed by atoms with E-state index in [1.807, 2.05) is 24.0 Å². The third kappa shape index (κ3) is 3.90. The normalized spacial score (nSPS) is 19.5. The lowest BCUT2D eigenvalue weighted by molar-refractivity contribution is -0.132. The molecule has 1 amide bonds. The Morgan fingerprint density at radius 2 is 2.16 bits per heavy atom. The fraction of sp³-hybridized carbons (Fsp3) is 0.600. The first-order valence-electron chi connectivity index (χ1n) is 6.93. The first kappa shape index (κ1) is 14.3. The molecule has 19 heavy (non-hydrogen) atoms. The van der Waals surface area contributed by atoms with Gasteiger partial charge in [-0.2, -0.15) is 0 Å². The molecule has 0 radical (unpaired) electrons. The number of ketones is 1. The average Bonchev–Trinajstić information content (AvgIpc) is 2.82. The Labute approximate surface area is 118 Å². The van der Waals surface area contributed by atoms with Crippen LogP contribution in [0.1, 0.15) is 47.2 Å². The lowest BCUT2D eigenvalue weighted by Gasteiger charge is -2.30. The summed E-state index contributed by atoms with van der Waals surface area (Å²) < 4.78 is 0. The van der Waals surface area contributed by atoms with Crippen molar-refractivity contribution in [2.45, 2.75) is 39.5 Å². The SMILES string of the molecule is Cc1ccc(C(=O)CCC(=O)N2CCCC(C)C2)s1. The maximum absolute atomic E-state index is 12.1. The highest BCUT2D eigenvalue weighted by molar-refractivity contribution is 7.14. The fourth-order valence-electron chi connectivity index (χ4n) is 2.50. The number of Topliss-reactive ketones (excluding diaryl/α,β-unsaturated/α-hetero) is 1. The molecule has 3 nitrogen and oxygen atoms in total. The highest BCUT2D eigenvalue weighted by Crippen LogP contribution is 2.19. The van der Waals surface area contributed by atoms with E-state index in [1.165, 1.54) is 17.8 Å². The first-order chi connectivity index (χ1) is 9.06. The Kier molecular flexibility index (Phi) is 4.75. The third-order valence-electron chi connectivity index (χ3n) is 3.59. The van der Waals surface area contributed by atoms with Gasteiger partial charge in [0.1, 0.15) is 0 Å². The number of aryl methyl sites for hydroxylation is 1. The van der Waals surface area contributed by atoms with Gasteiger partial charge in [-0.15, -0.1) is 11.3 Å². The summed E-state index contributed by atoms with van der Waals surface area (Å²) in [6.45, 7) is 5.88. The molecular formula is C15H21NO2S. The van der Waals surface area contributed by atoms with Crippen LogP contribution in [-0.4, -0.2) is 29.7 Å². The largest absolute Gasteiger partial charge is 0.342 e. The van der Waals surface area contributed by atoms with Gasteiger partial charge in [-0.25, -0.2) is 0 Å². The van der Waals surface area contributed by atoms with E-state index < -0.39 is 0 Å². The number of piperidine rings is 1. The van der Waals surface area contributed by atoms with Crippen molar-refractivity contribution in [2.24, 2.45) is 5.92 Å². The van der Waals surface area contributed by atoms with Gasteiger partial charge in [-0.1, -0.05) is 6.92 Å². The Morgan fingerprint density at radius 1 is 1.37 bits per heavy atom. The van der Waals surface area contributed by atoms with Crippen LogP contribution in [0.25, 0.3) is 0 Å². The van der Waals surface area contributed by atoms with E-state index in [0.717, 1.165) is 29.3 Å². The molecule has 1 saturated heterocycles. The summed E-state index contributed by atoms with van der Waals surface area (Å²) in [5.41, 5.74) is 0. The summed E-state index contributed by atoms with van der Waals surface area (Å²) in [7, 11) is 0. The van der Waals surface area contributed by atoms with Crippen LogP contribution >= 0.6 is 11.3 Å². The molecule has 0 spiro atoms. The van der Waals surface area contributed by atoms with Gasteiger partial charge >= 0.3 is 0 Å². The molecule has 0 saturated carbocycles. The summed E-state index contributed by atoms with van der Waals surface area (Å²) in [6.07, 6.45) is 2.98. The second kappa shape index (κ2) is 6.33. The number of carbonyl (C=O) groups excluding carboxylic acids is 2. The second-order valence-corrected chi connectivity index (χ2v) is 6.71. The van der Waals surface area contributed by atoms with Crippen LogP contribution in [0.2, 0.25) is 0 Å². The quantitative estimate of drug-likeness (QED) is 0.793. The number of carbonyl (C=O) groups is 2. The highest BCUT2D eigenvalue weighted by atomic mass is 32.1. The van der Waals surface area contributed by atoms with Crippen LogP contribution in [0, 0.1) is 12.8 Å². The molecule has 104 valence electrons. The lowest BCUT2D eigenvalue weighted by Crippen LogP contribution is -2.39. The van der Waals surface area contributed by atoms with Crippen molar-refractivity contribution < 1.29 is 9.59 Å². The van der Waals surface area contributed by atoms with Crippen molar-refractivity contribution in [3.63, 3.8) is 0 Å². The molecule has 1 atom stereocenters. The zero-order valence-electron chi connectivity index (χ0n) is 11.6. The van der Waals surface area contributed by atoms with E-state index in [4.69, 9.17) is 0 Å². The molecular weight excluding hydrogens is 258 g/mol. The Balaban J connectivity index is 1.81. The first-order valence-corrected chi connectivity index (χ1v) is 7.75. The summed E-state index contributed by atoms with van der Waals surface area (Å²) >= 11 is 1.51. The smallest absolute Gasteiger partial charge is 0.223 e.